The molecule has 1 N–H and O–H groups in total. The Hall–Kier alpha value is -0.630. The maximum absolute atomic E-state index is 3.67. The van der Waals surface area contributed by atoms with Crippen LogP contribution < -0.4 is 5.32 Å². The van der Waals surface area contributed by atoms with Gasteiger partial charge in [-0.05, 0) is 31.4 Å². The summed E-state index contributed by atoms with van der Waals surface area (Å²) in [6.07, 6.45) is 0. The summed E-state index contributed by atoms with van der Waals surface area (Å²) in [4.78, 5) is 1.40. The van der Waals surface area contributed by atoms with Gasteiger partial charge in [0.2, 0.25) is 0 Å². The molecule has 2 rings (SSSR count). The molecule has 0 amide bonds. The Kier molecular flexibility index (Phi) is 2.72. The second-order valence-corrected chi connectivity index (χ2v) is 6.19. The zero-order valence-electron chi connectivity index (χ0n) is 9.92. The summed E-state index contributed by atoms with van der Waals surface area (Å²) in [5.74, 6) is 1.73. The lowest BCUT2D eigenvalue weighted by Crippen LogP contribution is -2.36. The van der Waals surface area contributed by atoms with E-state index in [2.05, 4.69) is 51.2 Å². The van der Waals surface area contributed by atoms with Crippen LogP contribution in [0.5, 0.6) is 0 Å². The first-order chi connectivity index (χ1) is 6.99. The number of fused-ring (bicyclic) bond motifs is 1. The topological polar surface area (TPSA) is 12.0 Å². The number of thioether (sulfide) groups is 1. The zero-order chi connectivity index (χ0) is 11.1. The highest BCUT2D eigenvalue weighted by Crippen LogP contribution is 2.41. The molecular weight excluding hydrogens is 202 g/mol. The second-order valence-electron chi connectivity index (χ2n) is 5.17. The molecule has 0 aromatic heterocycles. The normalized spacial score (nSPS) is 18.5. The average molecular weight is 221 g/mol. The van der Waals surface area contributed by atoms with Crippen molar-refractivity contribution in [2.24, 2.45) is 0 Å². The molecule has 2 heteroatoms. The van der Waals surface area contributed by atoms with E-state index in [0.29, 0.717) is 5.92 Å². The Balaban J connectivity index is 2.45. The molecule has 0 fully saturated rings. The van der Waals surface area contributed by atoms with Gasteiger partial charge in [-0.1, -0.05) is 26.0 Å². The number of para-hydroxylation sites is 1. The fourth-order valence-electron chi connectivity index (χ4n) is 1.92. The second kappa shape index (κ2) is 3.75. The molecule has 1 heterocycles. The van der Waals surface area contributed by atoms with Gasteiger partial charge in [0.25, 0.3) is 0 Å². The van der Waals surface area contributed by atoms with Gasteiger partial charge < -0.3 is 5.32 Å². The fourth-order valence-corrected chi connectivity index (χ4v) is 2.99. The minimum atomic E-state index is 0.211. The van der Waals surface area contributed by atoms with E-state index < -0.39 is 0 Å². The van der Waals surface area contributed by atoms with E-state index in [4.69, 9.17) is 0 Å². The van der Waals surface area contributed by atoms with Crippen molar-refractivity contribution in [2.45, 2.75) is 44.0 Å². The molecule has 1 aromatic carbocycles. The molecule has 0 saturated carbocycles. The van der Waals surface area contributed by atoms with E-state index in [1.807, 2.05) is 11.8 Å². The van der Waals surface area contributed by atoms with Crippen molar-refractivity contribution in [3.63, 3.8) is 0 Å². The number of anilines is 1. The van der Waals surface area contributed by atoms with Crippen molar-refractivity contribution in [3.8, 4) is 0 Å². The summed E-state index contributed by atoms with van der Waals surface area (Å²) in [5.41, 5.74) is 3.00. The van der Waals surface area contributed by atoms with Crippen molar-refractivity contribution < 1.29 is 0 Å². The lowest BCUT2D eigenvalue weighted by molar-refractivity contribution is 0.633. The SMILES string of the molecule is CC(C)c1cccc2c1NC(C)(C)CS2. The third-order valence-corrected chi connectivity index (χ3v) is 4.25. The third-order valence-electron chi connectivity index (χ3n) is 2.73. The van der Waals surface area contributed by atoms with E-state index in [1.165, 1.54) is 16.1 Å². The monoisotopic (exact) mass is 221 g/mol. The Labute approximate surface area is 96.7 Å². The summed E-state index contributed by atoms with van der Waals surface area (Å²) in [5, 5.41) is 3.67. The first-order valence-electron chi connectivity index (χ1n) is 5.53. The predicted molar refractivity (Wildman–Crippen MR) is 69.0 cm³/mol. The summed E-state index contributed by atoms with van der Waals surface area (Å²) >= 11 is 1.96. The number of benzene rings is 1. The third kappa shape index (κ3) is 2.15. The molecule has 0 unspecified atom stereocenters. The maximum atomic E-state index is 3.67. The van der Waals surface area contributed by atoms with E-state index >= 15 is 0 Å². The molecule has 0 radical (unpaired) electrons. The summed E-state index contributed by atoms with van der Waals surface area (Å²) in [6, 6.07) is 6.62. The predicted octanol–water partition coefficient (Wildman–Crippen LogP) is 4.11. The van der Waals surface area contributed by atoms with Crippen LogP contribution in [0.3, 0.4) is 0 Å². The fraction of sp³-hybridized carbons (Fsp3) is 0.538. The van der Waals surface area contributed by atoms with Gasteiger partial charge in [-0.25, -0.2) is 0 Å². The van der Waals surface area contributed by atoms with Gasteiger partial charge in [0.15, 0.2) is 0 Å². The first kappa shape index (κ1) is 10.9. The Morgan fingerprint density at radius 3 is 2.73 bits per heavy atom. The van der Waals surface area contributed by atoms with Gasteiger partial charge in [-0.15, -0.1) is 11.8 Å². The number of hydrogen-bond donors (Lipinski definition) is 1. The van der Waals surface area contributed by atoms with E-state index in [-0.39, 0.29) is 5.54 Å². The lowest BCUT2D eigenvalue weighted by atomic mass is 9.98. The molecule has 0 atom stereocenters. The van der Waals surface area contributed by atoms with Crippen molar-refractivity contribution in [1.82, 2.24) is 0 Å². The minimum Gasteiger partial charge on any atom is -0.378 e. The number of nitrogens with one attached hydrogen (secondary N) is 1. The Morgan fingerprint density at radius 2 is 2.07 bits per heavy atom. The van der Waals surface area contributed by atoms with Crippen molar-refractivity contribution in [2.75, 3.05) is 11.1 Å². The smallest absolute Gasteiger partial charge is 0.0517 e. The summed E-state index contributed by atoms with van der Waals surface area (Å²) in [6.45, 7) is 9.03. The minimum absolute atomic E-state index is 0.211. The first-order valence-corrected chi connectivity index (χ1v) is 6.52. The molecule has 15 heavy (non-hydrogen) atoms. The average Bonchev–Trinajstić information content (AvgIpc) is 2.15. The van der Waals surface area contributed by atoms with Crippen LogP contribution in [0.4, 0.5) is 5.69 Å². The quantitative estimate of drug-likeness (QED) is 0.766. The van der Waals surface area contributed by atoms with Gasteiger partial charge in [-0.3, -0.25) is 0 Å². The molecule has 1 aliphatic rings. The van der Waals surface area contributed by atoms with Crippen LogP contribution in [0.2, 0.25) is 0 Å². The van der Waals surface area contributed by atoms with Gasteiger partial charge in [0, 0.05) is 16.2 Å². The summed E-state index contributed by atoms with van der Waals surface area (Å²) < 4.78 is 0. The standard InChI is InChI=1S/C13H19NS/c1-9(2)10-6-5-7-11-12(10)14-13(3,4)8-15-11/h5-7,9,14H,8H2,1-4H3. The van der Waals surface area contributed by atoms with Gasteiger partial charge in [-0.2, -0.15) is 0 Å². The maximum Gasteiger partial charge on any atom is 0.0517 e. The van der Waals surface area contributed by atoms with Gasteiger partial charge in [0.05, 0.1) is 5.69 Å². The van der Waals surface area contributed by atoms with Gasteiger partial charge >= 0.3 is 0 Å². The molecule has 1 nitrogen and oxygen atoms in total. The highest BCUT2D eigenvalue weighted by atomic mass is 32.2. The van der Waals surface area contributed by atoms with Crippen molar-refractivity contribution in [3.05, 3.63) is 23.8 Å². The van der Waals surface area contributed by atoms with Crippen LogP contribution in [-0.2, 0) is 0 Å². The van der Waals surface area contributed by atoms with Crippen LogP contribution in [0.15, 0.2) is 23.1 Å². The molecular formula is C13H19NS. The molecule has 1 aromatic rings. The van der Waals surface area contributed by atoms with E-state index in [0.717, 1.165) is 5.75 Å². The number of hydrogen-bond acceptors (Lipinski definition) is 2. The van der Waals surface area contributed by atoms with E-state index in [9.17, 15) is 0 Å². The largest absolute Gasteiger partial charge is 0.378 e. The molecule has 1 aliphatic heterocycles. The van der Waals surface area contributed by atoms with Crippen LogP contribution >= 0.6 is 11.8 Å². The Morgan fingerprint density at radius 1 is 1.33 bits per heavy atom. The molecule has 0 spiro atoms. The van der Waals surface area contributed by atoms with Crippen molar-refractivity contribution in [1.29, 1.82) is 0 Å². The van der Waals surface area contributed by atoms with Crippen LogP contribution in [-0.4, -0.2) is 11.3 Å². The molecule has 0 saturated heterocycles. The molecule has 0 bridgehead atoms. The van der Waals surface area contributed by atoms with Gasteiger partial charge in [0.1, 0.15) is 0 Å². The van der Waals surface area contributed by atoms with Crippen molar-refractivity contribution >= 4 is 17.4 Å². The lowest BCUT2D eigenvalue weighted by Gasteiger charge is -2.35. The number of rotatable bonds is 1. The van der Waals surface area contributed by atoms with Crippen LogP contribution in [0, 0.1) is 0 Å². The van der Waals surface area contributed by atoms with Crippen LogP contribution in [0.1, 0.15) is 39.2 Å². The molecule has 82 valence electrons. The highest BCUT2D eigenvalue weighted by Gasteiger charge is 2.26. The highest BCUT2D eigenvalue weighted by molar-refractivity contribution is 7.99. The summed E-state index contributed by atoms with van der Waals surface area (Å²) in [7, 11) is 0. The Bertz CT molecular complexity index is 369. The zero-order valence-corrected chi connectivity index (χ0v) is 10.7. The van der Waals surface area contributed by atoms with E-state index in [1.54, 1.807) is 0 Å². The molecule has 0 aliphatic carbocycles. The van der Waals surface area contributed by atoms with Crippen LogP contribution in [0.25, 0.3) is 0 Å².